The van der Waals surface area contributed by atoms with E-state index >= 15 is 0 Å². The van der Waals surface area contributed by atoms with E-state index in [0.29, 0.717) is 0 Å². The predicted molar refractivity (Wildman–Crippen MR) is 107 cm³/mol. The van der Waals surface area contributed by atoms with E-state index in [-0.39, 0.29) is 53.7 Å². The lowest BCUT2D eigenvalue weighted by Crippen LogP contribution is -2.31. The van der Waals surface area contributed by atoms with Crippen molar-refractivity contribution in [2.75, 3.05) is 48.0 Å². The average Bonchev–Trinajstić information content (AvgIpc) is 2.60. The molecule has 1 aromatic rings. The molecule has 1 amide bonds. The number of carbonyl (C=O) groups is 2. The number of anilines is 2. The van der Waals surface area contributed by atoms with Gasteiger partial charge >= 0.3 is 5.97 Å². The number of carboxylic acid groups (broad SMARTS) is 1. The monoisotopic (exact) mass is 451 g/mol. The fourth-order valence-electron chi connectivity index (χ4n) is 2.27. The Morgan fingerprint density at radius 1 is 1.00 bits per heavy atom. The van der Waals surface area contributed by atoms with Crippen LogP contribution >= 0.6 is 0 Å². The summed E-state index contributed by atoms with van der Waals surface area (Å²) in [6, 6.07) is 4.10. The number of aliphatic hydroxyl groups is 1. The highest BCUT2D eigenvalue weighted by atomic mass is 32.2. The molecular formula is C16H25N3O8S2. The first-order chi connectivity index (χ1) is 13.5. The molecule has 0 saturated heterocycles. The fraction of sp³-hybridized carbons (Fsp3) is 0.500. The highest BCUT2D eigenvalue weighted by Gasteiger charge is 2.19. The molecule has 0 radical (unpaired) electrons. The van der Waals surface area contributed by atoms with E-state index in [2.05, 4.69) is 10.6 Å². The van der Waals surface area contributed by atoms with Gasteiger partial charge in [-0.3, -0.25) is 9.59 Å². The number of benzene rings is 1. The summed E-state index contributed by atoms with van der Waals surface area (Å²) in [6.45, 7) is -0.803. The molecule has 1 rings (SSSR count). The molecule has 164 valence electrons. The highest BCUT2D eigenvalue weighted by molar-refractivity contribution is 7.91. The molecule has 0 aliphatic rings. The lowest BCUT2D eigenvalue weighted by atomic mass is 10.3. The van der Waals surface area contributed by atoms with Gasteiger partial charge in [0.25, 0.3) is 0 Å². The van der Waals surface area contributed by atoms with Crippen LogP contribution in [-0.4, -0.2) is 75.9 Å². The first-order valence-electron chi connectivity index (χ1n) is 8.63. The number of nitrogens with two attached hydrogens (primary N) is 1. The van der Waals surface area contributed by atoms with Crippen molar-refractivity contribution in [3.63, 3.8) is 0 Å². The van der Waals surface area contributed by atoms with E-state index in [1.165, 1.54) is 18.2 Å². The number of nitrogen functional groups attached to an aromatic ring is 1. The van der Waals surface area contributed by atoms with Crippen LogP contribution in [-0.2, 0) is 29.3 Å². The van der Waals surface area contributed by atoms with Crippen LogP contribution in [0.25, 0.3) is 0 Å². The summed E-state index contributed by atoms with van der Waals surface area (Å²) in [5.74, 6) is -2.83. The molecule has 1 aromatic carbocycles. The number of hydrogen-bond donors (Lipinski definition) is 5. The number of amides is 1. The van der Waals surface area contributed by atoms with Crippen molar-refractivity contribution < 1.29 is 36.6 Å². The summed E-state index contributed by atoms with van der Waals surface area (Å²) in [6.07, 6.45) is -0.579. The van der Waals surface area contributed by atoms with Crippen molar-refractivity contribution in [1.82, 2.24) is 5.32 Å². The predicted octanol–water partition coefficient (Wildman–Crippen LogP) is -1.16. The molecule has 6 N–H and O–H groups in total. The van der Waals surface area contributed by atoms with Crippen LogP contribution < -0.4 is 16.4 Å². The Morgan fingerprint density at radius 3 is 2.28 bits per heavy atom. The molecule has 0 aromatic heterocycles. The number of nitrogens with one attached hydrogen (secondary N) is 2. The molecular weight excluding hydrogens is 426 g/mol. The van der Waals surface area contributed by atoms with Crippen LogP contribution in [0.3, 0.4) is 0 Å². The molecule has 0 saturated carbocycles. The van der Waals surface area contributed by atoms with Gasteiger partial charge < -0.3 is 26.6 Å². The third kappa shape index (κ3) is 9.11. The van der Waals surface area contributed by atoms with Gasteiger partial charge in [0.1, 0.15) is 0 Å². The lowest BCUT2D eigenvalue weighted by Gasteiger charge is -2.13. The molecule has 0 aliphatic carbocycles. The Bertz CT molecular complexity index is 929. The second-order valence-electron chi connectivity index (χ2n) is 6.12. The molecule has 11 nitrogen and oxygen atoms in total. The minimum absolute atomic E-state index is 0.0825. The zero-order valence-corrected chi connectivity index (χ0v) is 17.3. The standard InChI is InChI=1S/C16H25N3O8S2/c17-12-1-2-13(14(11-12)29(26,27)10-7-20)18-5-8-28(24,25)9-6-19-15(21)3-4-16(22)23/h1-2,11,18,20H,3-10,17H2,(H,19,21)(H,22,23). The van der Waals surface area contributed by atoms with E-state index in [1.54, 1.807) is 0 Å². The van der Waals surface area contributed by atoms with Gasteiger partial charge in [-0.2, -0.15) is 0 Å². The first-order valence-corrected chi connectivity index (χ1v) is 12.1. The Balaban J connectivity index is 2.60. The molecule has 0 spiro atoms. The normalized spacial score (nSPS) is 11.8. The Hall–Kier alpha value is -2.38. The summed E-state index contributed by atoms with van der Waals surface area (Å²) in [7, 11) is -7.35. The van der Waals surface area contributed by atoms with E-state index < -0.39 is 43.9 Å². The second-order valence-corrected chi connectivity index (χ2v) is 10.5. The lowest BCUT2D eigenvalue weighted by molar-refractivity contribution is -0.138. The third-order valence-corrected chi connectivity index (χ3v) is 7.11. The van der Waals surface area contributed by atoms with Crippen molar-refractivity contribution in [2.45, 2.75) is 17.7 Å². The van der Waals surface area contributed by atoms with Crippen LogP contribution in [0, 0.1) is 0 Å². The maximum Gasteiger partial charge on any atom is 0.303 e. The van der Waals surface area contributed by atoms with Crippen LogP contribution in [0.4, 0.5) is 11.4 Å². The van der Waals surface area contributed by atoms with Crippen molar-refractivity contribution in [2.24, 2.45) is 0 Å². The minimum atomic E-state index is -3.80. The number of rotatable bonds is 13. The summed E-state index contributed by atoms with van der Waals surface area (Å²) < 4.78 is 48.5. The average molecular weight is 452 g/mol. The van der Waals surface area contributed by atoms with Gasteiger partial charge in [0.2, 0.25) is 5.91 Å². The topological polar surface area (TPSA) is 193 Å². The van der Waals surface area contributed by atoms with Crippen molar-refractivity contribution in [1.29, 1.82) is 0 Å². The SMILES string of the molecule is Nc1ccc(NCCS(=O)(=O)CCNC(=O)CCC(=O)O)c(S(=O)(=O)CCO)c1. The molecule has 0 aliphatic heterocycles. The number of aliphatic carboxylic acids is 1. The van der Waals surface area contributed by atoms with Gasteiger partial charge in [-0.25, -0.2) is 16.8 Å². The van der Waals surface area contributed by atoms with Crippen molar-refractivity contribution in [3.05, 3.63) is 18.2 Å². The van der Waals surface area contributed by atoms with Crippen LogP contribution in [0.1, 0.15) is 12.8 Å². The van der Waals surface area contributed by atoms with Gasteiger partial charge in [-0.15, -0.1) is 0 Å². The molecule has 0 bridgehead atoms. The van der Waals surface area contributed by atoms with E-state index in [9.17, 15) is 26.4 Å². The number of aliphatic hydroxyl groups excluding tert-OH is 1. The number of sulfone groups is 2. The van der Waals surface area contributed by atoms with E-state index in [4.69, 9.17) is 15.9 Å². The molecule has 0 heterocycles. The highest BCUT2D eigenvalue weighted by Crippen LogP contribution is 2.25. The zero-order chi connectivity index (χ0) is 22.1. The van der Waals surface area contributed by atoms with Gasteiger partial charge in [0.15, 0.2) is 19.7 Å². The Labute approximate surface area is 169 Å². The van der Waals surface area contributed by atoms with Crippen LogP contribution in [0.2, 0.25) is 0 Å². The maximum absolute atomic E-state index is 12.2. The van der Waals surface area contributed by atoms with Gasteiger partial charge in [0.05, 0.1) is 40.9 Å². The third-order valence-electron chi connectivity index (χ3n) is 3.73. The molecule has 13 heteroatoms. The van der Waals surface area contributed by atoms with E-state index in [0.717, 1.165) is 0 Å². The van der Waals surface area contributed by atoms with Gasteiger partial charge in [-0.1, -0.05) is 0 Å². The first kappa shape index (κ1) is 24.7. The fourth-order valence-corrected chi connectivity index (χ4v) is 4.55. The number of hydrogen-bond acceptors (Lipinski definition) is 9. The number of carboxylic acids is 1. The summed E-state index contributed by atoms with van der Waals surface area (Å²) >= 11 is 0. The van der Waals surface area contributed by atoms with Crippen LogP contribution in [0.15, 0.2) is 23.1 Å². The summed E-state index contributed by atoms with van der Waals surface area (Å²) in [5.41, 5.74) is 6.00. The quantitative estimate of drug-likeness (QED) is 0.228. The minimum Gasteiger partial charge on any atom is -0.481 e. The van der Waals surface area contributed by atoms with Crippen molar-refractivity contribution in [3.8, 4) is 0 Å². The summed E-state index contributed by atoms with van der Waals surface area (Å²) in [5, 5.41) is 22.5. The largest absolute Gasteiger partial charge is 0.481 e. The van der Waals surface area contributed by atoms with Crippen molar-refractivity contribution >= 4 is 42.9 Å². The second kappa shape index (κ2) is 11.0. The molecule has 29 heavy (non-hydrogen) atoms. The van der Waals surface area contributed by atoms with Gasteiger partial charge in [0, 0.05) is 25.2 Å². The summed E-state index contributed by atoms with van der Waals surface area (Å²) in [4.78, 5) is 21.6. The Morgan fingerprint density at radius 2 is 1.66 bits per heavy atom. The smallest absolute Gasteiger partial charge is 0.303 e. The van der Waals surface area contributed by atoms with Gasteiger partial charge in [-0.05, 0) is 18.2 Å². The van der Waals surface area contributed by atoms with E-state index in [1.807, 2.05) is 0 Å². The molecule has 0 atom stereocenters. The molecule has 0 fully saturated rings. The molecule has 0 unspecified atom stereocenters. The maximum atomic E-state index is 12.2. The number of carbonyl (C=O) groups excluding carboxylic acids is 1. The zero-order valence-electron chi connectivity index (χ0n) is 15.6. The van der Waals surface area contributed by atoms with Crippen LogP contribution in [0.5, 0.6) is 0 Å². The Kier molecular flexibility index (Phi) is 9.33.